The maximum Gasteiger partial charge on any atom is 1.00 e. The Morgan fingerprint density at radius 1 is 0.862 bits per heavy atom. The van der Waals surface area contributed by atoms with Gasteiger partial charge in [-0.05, 0) is 43.3 Å². The summed E-state index contributed by atoms with van der Waals surface area (Å²) in [5.41, 5.74) is 2.55. The molecule has 1 heterocycles. The smallest absolute Gasteiger partial charge is 1.00 e. The molecule has 3 aromatic rings. The first-order valence-corrected chi connectivity index (χ1v) is 8.79. The van der Waals surface area contributed by atoms with Crippen molar-refractivity contribution in [2.45, 2.75) is 12.5 Å². The summed E-state index contributed by atoms with van der Waals surface area (Å²) < 4.78 is 11.2. The van der Waals surface area contributed by atoms with Gasteiger partial charge in [0, 0.05) is 5.56 Å². The normalized spacial score (nSPS) is 18.0. The van der Waals surface area contributed by atoms with Crippen LogP contribution in [0.5, 0.6) is 11.5 Å². The molecule has 1 atom stereocenters. The third kappa shape index (κ3) is 4.54. The first kappa shape index (κ1) is 21.5. The summed E-state index contributed by atoms with van der Waals surface area (Å²) in [5.74, 6) is 0.843. The number of nitrogens with zero attached hydrogens (tertiary/aromatic N) is 1. The van der Waals surface area contributed by atoms with E-state index >= 15 is 0 Å². The molecule has 0 spiro atoms. The summed E-state index contributed by atoms with van der Waals surface area (Å²) in [4.78, 5) is 25.2. The number of hydrogen-bond donors (Lipinski definition) is 1. The van der Waals surface area contributed by atoms with Crippen LogP contribution in [0.15, 0.2) is 84.9 Å². The van der Waals surface area contributed by atoms with Gasteiger partial charge in [0.05, 0.1) is 5.69 Å². The van der Waals surface area contributed by atoms with Crippen molar-refractivity contribution in [3.8, 4) is 11.5 Å². The van der Waals surface area contributed by atoms with E-state index in [1.54, 1.807) is 55.5 Å². The molecule has 7 heteroatoms. The zero-order valence-electron chi connectivity index (χ0n) is 17.2. The van der Waals surface area contributed by atoms with E-state index in [2.05, 4.69) is 5.43 Å². The Morgan fingerprint density at radius 3 is 2.03 bits per heavy atom. The predicted molar refractivity (Wildman–Crippen MR) is 105 cm³/mol. The monoisotopic (exact) mass is 414 g/mol. The van der Waals surface area contributed by atoms with Crippen LogP contribution < -0.4 is 61.5 Å². The van der Waals surface area contributed by atoms with Crippen LogP contribution in [-0.2, 0) is 15.1 Å². The Morgan fingerprint density at radius 2 is 1.41 bits per heavy atom. The van der Waals surface area contributed by atoms with Gasteiger partial charge in [0.2, 0.25) is 5.60 Å². The van der Waals surface area contributed by atoms with Crippen LogP contribution in [0.4, 0.5) is 10.5 Å². The zero-order valence-corrected chi connectivity index (χ0v) is 19.3. The van der Waals surface area contributed by atoms with E-state index in [0.29, 0.717) is 22.7 Å². The predicted octanol–water partition coefficient (Wildman–Crippen LogP) is 1.82. The van der Waals surface area contributed by atoms with Gasteiger partial charge in [0.1, 0.15) is 11.5 Å². The fraction of sp³-hybridized carbons (Fsp3) is 0.0909. The van der Waals surface area contributed by atoms with Crippen LogP contribution in [0.2, 0.25) is 0 Å². The van der Waals surface area contributed by atoms with Gasteiger partial charge in [-0.2, -0.15) is 0 Å². The second-order valence-electron chi connectivity index (χ2n) is 6.46. The summed E-state index contributed by atoms with van der Waals surface area (Å²) in [6.07, 6.45) is -0.749. The van der Waals surface area contributed by atoms with E-state index in [4.69, 9.17) is 9.47 Å². The zero-order chi connectivity index (χ0) is 19.6. The summed E-state index contributed by atoms with van der Waals surface area (Å²) in [7, 11) is 0. The van der Waals surface area contributed by atoms with Gasteiger partial charge in [0.15, 0.2) is 0 Å². The fourth-order valence-corrected chi connectivity index (χ4v) is 2.95. The SMILES string of the molecule is CC1(c2ccc(Oc3ccccc3)cc2)OC(=O)N(Nc2ccccc2)C1=O.[H-].[K+]. The van der Waals surface area contributed by atoms with Crippen LogP contribution in [0, 0.1) is 0 Å². The maximum absolute atomic E-state index is 12.9. The van der Waals surface area contributed by atoms with Crippen molar-refractivity contribution >= 4 is 17.7 Å². The van der Waals surface area contributed by atoms with Crippen LogP contribution in [0.3, 0.4) is 0 Å². The van der Waals surface area contributed by atoms with Crippen molar-refractivity contribution in [1.29, 1.82) is 0 Å². The number of carbonyl (C=O) groups is 2. The molecular formula is C22H19KN2O4. The van der Waals surface area contributed by atoms with E-state index in [1.807, 2.05) is 36.4 Å². The van der Waals surface area contributed by atoms with Crippen LogP contribution in [-0.4, -0.2) is 17.0 Å². The van der Waals surface area contributed by atoms with Crippen LogP contribution >= 0.6 is 0 Å². The topological polar surface area (TPSA) is 67.9 Å². The Labute approximate surface area is 212 Å². The second kappa shape index (κ2) is 9.11. The van der Waals surface area contributed by atoms with Gasteiger partial charge in [0.25, 0.3) is 5.91 Å². The van der Waals surface area contributed by atoms with Crippen molar-refractivity contribution in [2.24, 2.45) is 0 Å². The molecule has 6 nitrogen and oxygen atoms in total. The van der Waals surface area contributed by atoms with E-state index in [1.165, 1.54) is 0 Å². The number of anilines is 1. The molecular weight excluding hydrogens is 395 g/mol. The summed E-state index contributed by atoms with van der Waals surface area (Å²) in [5, 5.41) is 0.893. The van der Waals surface area contributed by atoms with E-state index in [-0.39, 0.29) is 52.8 Å². The molecule has 1 saturated heterocycles. The Balaban J connectivity index is 0.00000160. The minimum atomic E-state index is -1.41. The molecule has 142 valence electrons. The van der Waals surface area contributed by atoms with Crippen LogP contribution in [0.25, 0.3) is 0 Å². The summed E-state index contributed by atoms with van der Waals surface area (Å²) in [6, 6.07) is 25.3. The molecule has 1 N–H and O–H groups in total. The van der Waals surface area contributed by atoms with Crippen molar-refractivity contribution in [2.75, 3.05) is 5.43 Å². The first-order valence-electron chi connectivity index (χ1n) is 8.79. The summed E-state index contributed by atoms with van der Waals surface area (Å²) in [6.45, 7) is 1.58. The quantitative estimate of drug-likeness (QED) is 0.645. The van der Waals surface area contributed by atoms with Gasteiger partial charge in [-0.15, -0.1) is 5.01 Å². The standard InChI is InChI=1S/C22H18N2O4.K.H/c1-22(16-12-14-19(15-13-16)27-18-10-6-3-7-11-18)20(25)24(21(26)28-22)23-17-8-4-2-5-9-17;;/h2-15,23H,1H3;;/q;+1;-1. The van der Waals surface area contributed by atoms with Crippen molar-refractivity contribution in [3.63, 3.8) is 0 Å². The van der Waals surface area contributed by atoms with Gasteiger partial charge in [-0.3, -0.25) is 10.2 Å². The van der Waals surface area contributed by atoms with Crippen molar-refractivity contribution < 1.29 is 71.9 Å². The molecule has 3 aromatic carbocycles. The van der Waals surface area contributed by atoms with Crippen LogP contribution in [0.1, 0.15) is 13.9 Å². The number of nitrogens with one attached hydrogen (secondary N) is 1. The minimum Gasteiger partial charge on any atom is -1.00 e. The first-order chi connectivity index (χ1) is 13.6. The van der Waals surface area contributed by atoms with Gasteiger partial charge >= 0.3 is 57.5 Å². The number of ether oxygens (including phenoxy) is 2. The maximum atomic E-state index is 12.9. The number of para-hydroxylation sites is 2. The molecule has 1 unspecified atom stereocenters. The molecule has 0 saturated carbocycles. The molecule has 1 fully saturated rings. The molecule has 0 aliphatic carbocycles. The molecule has 29 heavy (non-hydrogen) atoms. The molecule has 0 radical (unpaired) electrons. The van der Waals surface area contributed by atoms with E-state index in [9.17, 15) is 9.59 Å². The number of hydrazine groups is 1. The van der Waals surface area contributed by atoms with Crippen molar-refractivity contribution in [3.05, 3.63) is 90.5 Å². The largest absolute Gasteiger partial charge is 1.00 e. The number of amides is 2. The molecule has 2 amide bonds. The fourth-order valence-electron chi connectivity index (χ4n) is 2.95. The number of imide groups is 1. The van der Waals surface area contributed by atoms with Crippen molar-refractivity contribution in [1.82, 2.24) is 5.01 Å². The summed E-state index contributed by atoms with van der Waals surface area (Å²) >= 11 is 0. The Kier molecular flexibility index (Phi) is 6.76. The average Bonchev–Trinajstić information content (AvgIpc) is 2.94. The number of benzene rings is 3. The third-order valence-electron chi connectivity index (χ3n) is 4.48. The number of rotatable bonds is 5. The molecule has 0 aromatic heterocycles. The molecule has 1 aliphatic heterocycles. The van der Waals surface area contributed by atoms with Gasteiger partial charge < -0.3 is 10.9 Å². The van der Waals surface area contributed by atoms with Gasteiger partial charge in [-0.25, -0.2) is 4.79 Å². The Bertz CT molecular complexity index is 1000. The minimum absolute atomic E-state index is 0. The van der Waals surface area contributed by atoms with E-state index < -0.39 is 17.6 Å². The molecule has 0 bridgehead atoms. The Hall–Kier alpha value is -2.16. The third-order valence-corrected chi connectivity index (χ3v) is 4.48. The molecule has 4 rings (SSSR count). The van der Waals surface area contributed by atoms with E-state index in [0.717, 1.165) is 5.01 Å². The second-order valence-corrected chi connectivity index (χ2v) is 6.46. The number of carbonyl (C=O) groups excluding carboxylic acids is 2. The number of cyclic esters (lactones) is 1. The van der Waals surface area contributed by atoms with Gasteiger partial charge in [-0.1, -0.05) is 48.5 Å². The molecule has 1 aliphatic rings. The average molecular weight is 415 g/mol. The number of hydrogen-bond acceptors (Lipinski definition) is 5.